The number of hydrogen-bond acceptors (Lipinski definition) is 5. The van der Waals surface area contributed by atoms with Gasteiger partial charge in [0.25, 0.3) is 5.91 Å². The lowest BCUT2D eigenvalue weighted by atomic mass is 10.0. The Morgan fingerprint density at radius 3 is 3.00 bits per heavy atom. The number of amides is 1. The van der Waals surface area contributed by atoms with Crippen LogP contribution in [-0.2, 0) is 7.05 Å². The van der Waals surface area contributed by atoms with Gasteiger partial charge < -0.3 is 10.2 Å². The average Bonchev–Trinajstić information content (AvgIpc) is 3.22. The number of piperazine rings is 1. The lowest BCUT2D eigenvalue weighted by Crippen LogP contribution is -2.48. The maximum absolute atomic E-state index is 13.3. The van der Waals surface area contributed by atoms with Crippen molar-refractivity contribution in [1.82, 2.24) is 25.0 Å². The lowest BCUT2D eigenvalue weighted by molar-refractivity contribution is 0.0639. The van der Waals surface area contributed by atoms with Crippen LogP contribution in [0.5, 0.6) is 0 Å². The fraction of sp³-hybridized carbons (Fsp3) is 0.421. The van der Waals surface area contributed by atoms with E-state index >= 15 is 0 Å². The molecule has 136 valence electrons. The molecule has 1 unspecified atom stereocenters. The van der Waals surface area contributed by atoms with Crippen molar-refractivity contribution in [3.05, 3.63) is 46.7 Å². The third kappa shape index (κ3) is 2.91. The van der Waals surface area contributed by atoms with E-state index in [0.29, 0.717) is 12.5 Å². The van der Waals surface area contributed by atoms with E-state index in [1.807, 2.05) is 41.0 Å². The number of carbonyl (C=O) groups excluding carboxylic acids is 1. The predicted molar refractivity (Wildman–Crippen MR) is 104 cm³/mol. The molecular formula is C19H23N5OS. The normalized spacial score (nSPS) is 18.0. The summed E-state index contributed by atoms with van der Waals surface area (Å²) in [5, 5.41) is 9.10. The summed E-state index contributed by atoms with van der Waals surface area (Å²) < 4.78 is 1.89. The molecule has 26 heavy (non-hydrogen) atoms. The van der Waals surface area contributed by atoms with Crippen molar-refractivity contribution in [3.63, 3.8) is 0 Å². The van der Waals surface area contributed by atoms with Gasteiger partial charge in [-0.15, -0.1) is 11.3 Å². The Morgan fingerprint density at radius 1 is 1.42 bits per heavy atom. The number of hydrogen-bond donors (Lipinski definition) is 1. The molecule has 1 saturated heterocycles. The summed E-state index contributed by atoms with van der Waals surface area (Å²) >= 11 is 1.53. The molecule has 0 bridgehead atoms. The minimum absolute atomic E-state index is 0.0119. The number of thiophene rings is 1. The second kappa shape index (κ2) is 6.81. The smallest absolute Gasteiger partial charge is 0.264 e. The first-order valence-corrected chi connectivity index (χ1v) is 9.76. The van der Waals surface area contributed by atoms with Crippen LogP contribution in [0.2, 0.25) is 0 Å². The van der Waals surface area contributed by atoms with Gasteiger partial charge in [-0.1, -0.05) is 19.9 Å². The Hall–Kier alpha value is -2.25. The van der Waals surface area contributed by atoms with Crippen LogP contribution in [0, 0.1) is 0 Å². The Balaban J connectivity index is 1.69. The third-order valence-corrected chi connectivity index (χ3v) is 6.06. The van der Waals surface area contributed by atoms with E-state index in [-0.39, 0.29) is 11.9 Å². The molecule has 0 aromatic carbocycles. The van der Waals surface area contributed by atoms with E-state index in [0.717, 1.165) is 39.4 Å². The van der Waals surface area contributed by atoms with Crippen LogP contribution in [0.15, 0.2) is 30.6 Å². The molecular weight excluding hydrogens is 346 g/mol. The molecule has 4 rings (SSSR count). The Bertz CT molecular complexity index is 930. The standard InChI is InChI=1S/C19H23N5OS/c1-12(2)17-14-9-16(26-19(14)23(3)22-17)18(25)24-8-7-21-11-15(24)13-5-4-6-20-10-13/h4-6,9-10,12,15,21H,7-8,11H2,1-3H3. The van der Waals surface area contributed by atoms with E-state index in [1.54, 1.807) is 6.20 Å². The van der Waals surface area contributed by atoms with Gasteiger partial charge in [0.15, 0.2) is 0 Å². The molecule has 0 saturated carbocycles. The number of pyridine rings is 1. The zero-order chi connectivity index (χ0) is 18.3. The van der Waals surface area contributed by atoms with E-state index in [2.05, 4.69) is 29.2 Å². The fourth-order valence-electron chi connectivity index (χ4n) is 3.56. The molecule has 1 amide bonds. The molecule has 7 heteroatoms. The summed E-state index contributed by atoms with van der Waals surface area (Å²) in [5.74, 6) is 0.426. The second-order valence-electron chi connectivity index (χ2n) is 7.00. The molecule has 3 aromatic heterocycles. The van der Waals surface area contributed by atoms with Gasteiger partial charge in [0.1, 0.15) is 4.83 Å². The van der Waals surface area contributed by atoms with Crippen molar-refractivity contribution >= 4 is 27.5 Å². The number of aryl methyl sites for hydroxylation is 1. The van der Waals surface area contributed by atoms with Gasteiger partial charge in [0.05, 0.1) is 16.6 Å². The number of fused-ring (bicyclic) bond motifs is 1. The molecule has 1 aliphatic rings. The topological polar surface area (TPSA) is 63.1 Å². The summed E-state index contributed by atoms with van der Waals surface area (Å²) in [6.45, 7) is 6.53. The zero-order valence-corrected chi connectivity index (χ0v) is 16.1. The summed E-state index contributed by atoms with van der Waals surface area (Å²) in [5.41, 5.74) is 2.13. The first-order valence-electron chi connectivity index (χ1n) is 8.94. The van der Waals surface area contributed by atoms with Gasteiger partial charge in [0.2, 0.25) is 0 Å². The molecule has 4 heterocycles. The van der Waals surface area contributed by atoms with Crippen LogP contribution >= 0.6 is 11.3 Å². The number of nitrogens with zero attached hydrogens (tertiary/aromatic N) is 4. The molecule has 1 fully saturated rings. The van der Waals surface area contributed by atoms with Crippen LogP contribution in [-0.4, -0.2) is 45.2 Å². The molecule has 1 N–H and O–H groups in total. The first-order chi connectivity index (χ1) is 12.6. The second-order valence-corrected chi connectivity index (χ2v) is 8.03. The maximum Gasteiger partial charge on any atom is 0.264 e. The Kier molecular flexibility index (Phi) is 4.50. The van der Waals surface area contributed by atoms with Crippen LogP contribution in [0.3, 0.4) is 0 Å². The van der Waals surface area contributed by atoms with E-state index in [4.69, 9.17) is 0 Å². The van der Waals surface area contributed by atoms with Crippen LogP contribution < -0.4 is 5.32 Å². The lowest BCUT2D eigenvalue weighted by Gasteiger charge is -2.36. The number of rotatable bonds is 3. The summed E-state index contributed by atoms with van der Waals surface area (Å²) in [6.07, 6.45) is 3.61. The van der Waals surface area contributed by atoms with Crippen molar-refractivity contribution < 1.29 is 4.79 Å². The van der Waals surface area contributed by atoms with Gasteiger partial charge in [0, 0.05) is 44.5 Å². The van der Waals surface area contributed by atoms with Crippen molar-refractivity contribution in [2.24, 2.45) is 7.05 Å². The minimum atomic E-state index is 0.0119. The van der Waals surface area contributed by atoms with Gasteiger partial charge in [-0.3, -0.25) is 14.5 Å². The summed E-state index contributed by atoms with van der Waals surface area (Å²) in [7, 11) is 1.95. The van der Waals surface area contributed by atoms with E-state index < -0.39 is 0 Å². The maximum atomic E-state index is 13.3. The fourth-order valence-corrected chi connectivity index (χ4v) is 4.59. The zero-order valence-electron chi connectivity index (χ0n) is 15.3. The molecule has 0 radical (unpaired) electrons. The highest BCUT2D eigenvalue weighted by atomic mass is 32.1. The molecule has 6 nitrogen and oxygen atoms in total. The molecule has 3 aromatic rings. The van der Waals surface area contributed by atoms with Gasteiger partial charge in [-0.2, -0.15) is 5.10 Å². The monoisotopic (exact) mass is 369 g/mol. The largest absolute Gasteiger partial charge is 0.328 e. The van der Waals surface area contributed by atoms with Crippen LogP contribution in [0.25, 0.3) is 10.2 Å². The average molecular weight is 369 g/mol. The highest BCUT2D eigenvalue weighted by Gasteiger charge is 2.30. The van der Waals surface area contributed by atoms with Crippen molar-refractivity contribution in [2.75, 3.05) is 19.6 Å². The SMILES string of the molecule is CC(C)c1nn(C)c2sc(C(=O)N3CCNCC3c3cccnc3)cc12. The summed E-state index contributed by atoms with van der Waals surface area (Å²) in [4.78, 5) is 21.3. The van der Waals surface area contributed by atoms with Crippen LogP contribution in [0.4, 0.5) is 0 Å². The van der Waals surface area contributed by atoms with Crippen molar-refractivity contribution in [2.45, 2.75) is 25.8 Å². The quantitative estimate of drug-likeness (QED) is 0.771. The van der Waals surface area contributed by atoms with Crippen LogP contribution in [0.1, 0.15) is 46.7 Å². The van der Waals surface area contributed by atoms with Crippen molar-refractivity contribution in [3.8, 4) is 0 Å². The van der Waals surface area contributed by atoms with Gasteiger partial charge in [-0.25, -0.2) is 0 Å². The Morgan fingerprint density at radius 2 is 2.27 bits per heavy atom. The number of nitrogens with one attached hydrogen (secondary N) is 1. The van der Waals surface area contributed by atoms with E-state index in [1.165, 1.54) is 11.3 Å². The Labute approximate surface area is 156 Å². The van der Waals surface area contributed by atoms with Gasteiger partial charge >= 0.3 is 0 Å². The predicted octanol–water partition coefficient (Wildman–Crippen LogP) is 2.94. The number of aromatic nitrogens is 3. The highest BCUT2D eigenvalue weighted by Crippen LogP contribution is 2.33. The number of carbonyl (C=O) groups is 1. The molecule has 1 aliphatic heterocycles. The molecule has 0 spiro atoms. The van der Waals surface area contributed by atoms with Gasteiger partial charge in [-0.05, 0) is 23.6 Å². The third-order valence-electron chi connectivity index (χ3n) is 4.87. The highest BCUT2D eigenvalue weighted by molar-refractivity contribution is 7.20. The summed E-state index contributed by atoms with van der Waals surface area (Å²) in [6, 6.07) is 5.99. The van der Waals surface area contributed by atoms with E-state index in [9.17, 15) is 4.79 Å². The first kappa shape index (κ1) is 17.2. The minimum Gasteiger partial charge on any atom is -0.328 e. The molecule has 1 atom stereocenters. The molecule has 0 aliphatic carbocycles. The van der Waals surface area contributed by atoms with Crippen molar-refractivity contribution in [1.29, 1.82) is 0 Å².